The Bertz CT molecular complexity index is 1020. The van der Waals surface area contributed by atoms with Gasteiger partial charge < -0.3 is 10.1 Å². The lowest BCUT2D eigenvalue weighted by atomic mass is 10.2. The maximum atomic E-state index is 12.3. The zero-order valence-electron chi connectivity index (χ0n) is 15.2. The molecule has 1 N–H and O–H groups in total. The van der Waals surface area contributed by atoms with Crippen LogP contribution in [0.15, 0.2) is 58.4 Å². The smallest absolute Gasteiger partial charge is 0.285 e. The van der Waals surface area contributed by atoms with Crippen molar-refractivity contribution in [1.82, 2.24) is 0 Å². The number of nitrogens with zero attached hydrogens (tertiary/aromatic N) is 2. The average Bonchev–Trinajstić information content (AvgIpc) is 3.06. The second-order valence-corrected chi connectivity index (χ2v) is 7.94. The number of anilines is 1. The Kier molecular flexibility index (Phi) is 6.68. The normalized spacial score (nSPS) is 14.6. The van der Waals surface area contributed by atoms with Gasteiger partial charge in [0.05, 0.1) is 28.4 Å². The molecule has 0 unspecified atom stereocenters. The molecule has 0 aromatic heterocycles. The van der Waals surface area contributed by atoms with Crippen molar-refractivity contribution in [1.29, 1.82) is 0 Å². The summed E-state index contributed by atoms with van der Waals surface area (Å²) in [5.41, 5.74) is 0.931. The van der Waals surface area contributed by atoms with Gasteiger partial charge in [0.2, 0.25) is 5.91 Å². The molecule has 8 nitrogen and oxygen atoms in total. The number of hydrogen-bond donors (Lipinski definition) is 1. The Labute approximate surface area is 174 Å². The van der Waals surface area contributed by atoms with Crippen molar-refractivity contribution in [2.75, 3.05) is 18.2 Å². The maximum absolute atomic E-state index is 12.3. The fraction of sp³-hybridized carbons (Fsp3) is 0.105. The number of ether oxygens (including phenoxy) is 1. The van der Waals surface area contributed by atoms with E-state index in [1.807, 2.05) is 30.3 Å². The van der Waals surface area contributed by atoms with Gasteiger partial charge in [-0.1, -0.05) is 53.9 Å². The molecule has 0 spiro atoms. The second kappa shape index (κ2) is 9.39. The fourth-order valence-electron chi connectivity index (χ4n) is 2.37. The highest BCUT2D eigenvalue weighted by Crippen LogP contribution is 2.34. The van der Waals surface area contributed by atoms with Gasteiger partial charge in [0.25, 0.3) is 11.6 Å². The SMILES string of the molecule is COc1ccc([N+](=O)[O-])cc1NC(=O)CSC1=NC(=O)C(=Cc2ccccc2)S1. The number of methoxy groups -OCH3 is 1. The van der Waals surface area contributed by atoms with Crippen molar-refractivity contribution in [3.63, 3.8) is 0 Å². The number of rotatable bonds is 6. The van der Waals surface area contributed by atoms with Crippen LogP contribution in [0.5, 0.6) is 5.75 Å². The molecule has 3 rings (SSSR count). The molecule has 29 heavy (non-hydrogen) atoms. The third-order valence-corrected chi connectivity index (χ3v) is 5.82. The molecular formula is C19H15N3O5S2. The van der Waals surface area contributed by atoms with Gasteiger partial charge in [0.1, 0.15) is 10.1 Å². The third kappa shape index (κ3) is 5.46. The first-order chi connectivity index (χ1) is 14.0. The van der Waals surface area contributed by atoms with Crippen LogP contribution in [0.2, 0.25) is 0 Å². The molecule has 1 aliphatic heterocycles. The molecule has 148 valence electrons. The first-order valence-corrected chi connectivity index (χ1v) is 10.1. The van der Waals surface area contributed by atoms with Crippen LogP contribution in [0, 0.1) is 10.1 Å². The van der Waals surface area contributed by atoms with Gasteiger partial charge in [-0.25, -0.2) is 0 Å². The van der Waals surface area contributed by atoms with Crippen molar-refractivity contribution in [2.24, 2.45) is 4.99 Å². The van der Waals surface area contributed by atoms with Crippen LogP contribution in [-0.4, -0.2) is 34.0 Å². The van der Waals surface area contributed by atoms with Crippen molar-refractivity contribution in [3.05, 3.63) is 69.1 Å². The lowest BCUT2D eigenvalue weighted by Crippen LogP contribution is -2.15. The molecule has 0 atom stereocenters. The van der Waals surface area contributed by atoms with Crippen LogP contribution in [-0.2, 0) is 9.59 Å². The average molecular weight is 429 g/mol. The zero-order chi connectivity index (χ0) is 20.8. The van der Waals surface area contributed by atoms with Crippen molar-refractivity contribution < 1.29 is 19.2 Å². The second-order valence-electron chi connectivity index (χ2n) is 5.68. The highest BCUT2D eigenvalue weighted by molar-refractivity contribution is 8.41. The minimum Gasteiger partial charge on any atom is -0.495 e. The molecule has 0 bridgehead atoms. The van der Waals surface area contributed by atoms with Crippen LogP contribution in [0.3, 0.4) is 0 Å². The summed E-state index contributed by atoms with van der Waals surface area (Å²) in [6, 6.07) is 13.3. The molecule has 0 saturated heterocycles. The maximum Gasteiger partial charge on any atom is 0.285 e. The number of amides is 2. The molecule has 2 aromatic carbocycles. The lowest BCUT2D eigenvalue weighted by Gasteiger charge is -2.09. The van der Waals surface area contributed by atoms with E-state index in [4.69, 9.17) is 4.74 Å². The monoisotopic (exact) mass is 429 g/mol. The molecule has 0 aliphatic carbocycles. The van der Waals surface area contributed by atoms with Crippen molar-refractivity contribution in [3.8, 4) is 5.75 Å². The highest BCUT2D eigenvalue weighted by Gasteiger charge is 2.23. The first kappa shape index (κ1) is 20.6. The number of nitrogens with one attached hydrogen (secondary N) is 1. The van der Waals surface area contributed by atoms with E-state index in [0.29, 0.717) is 15.0 Å². The zero-order valence-corrected chi connectivity index (χ0v) is 16.8. The van der Waals surface area contributed by atoms with Crippen LogP contribution >= 0.6 is 23.5 Å². The highest BCUT2D eigenvalue weighted by atomic mass is 32.2. The lowest BCUT2D eigenvalue weighted by molar-refractivity contribution is -0.384. The number of benzene rings is 2. The Morgan fingerprint density at radius 1 is 1.31 bits per heavy atom. The summed E-state index contributed by atoms with van der Waals surface area (Å²) in [4.78, 5) is 39.1. The third-order valence-electron chi connectivity index (χ3n) is 3.69. The van der Waals surface area contributed by atoms with Gasteiger partial charge in [0, 0.05) is 12.1 Å². The molecule has 0 fully saturated rings. The van der Waals surface area contributed by atoms with E-state index in [2.05, 4.69) is 10.3 Å². The Morgan fingerprint density at radius 2 is 2.07 bits per heavy atom. The van der Waals surface area contributed by atoms with Gasteiger partial charge in [-0.15, -0.1) is 0 Å². The van der Waals surface area contributed by atoms with Crippen LogP contribution in [0.25, 0.3) is 6.08 Å². The summed E-state index contributed by atoms with van der Waals surface area (Å²) in [7, 11) is 1.40. The van der Waals surface area contributed by atoms with Gasteiger partial charge in [-0.3, -0.25) is 19.7 Å². The largest absolute Gasteiger partial charge is 0.495 e. The molecule has 1 aliphatic rings. The minimum atomic E-state index is -0.556. The topological polar surface area (TPSA) is 111 Å². The number of carbonyl (C=O) groups is 2. The van der Waals surface area contributed by atoms with Crippen LogP contribution in [0.1, 0.15) is 5.56 Å². The minimum absolute atomic E-state index is 0.0103. The van der Waals surface area contributed by atoms with E-state index in [1.165, 1.54) is 37.1 Å². The van der Waals surface area contributed by atoms with Gasteiger partial charge >= 0.3 is 0 Å². The number of nitro groups is 1. The molecule has 10 heteroatoms. The van der Waals surface area contributed by atoms with Crippen molar-refractivity contribution >= 4 is 57.2 Å². The Morgan fingerprint density at radius 3 is 2.76 bits per heavy atom. The number of nitro benzene ring substituents is 1. The van der Waals surface area contributed by atoms with Crippen LogP contribution < -0.4 is 10.1 Å². The molecule has 0 radical (unpaired) electrons. The molecule has 2 amide bonds. The van der Waals surface area contributed by atoms with E-state index < -0.39 is 10.8 Å². The summed E-state index contributed by atoms with van der Waals surface area (Å²) in [6.45, 7) is 0. The van der Waals surface area contributed by atoms with Gasteiger partial charge in [0.15, 0.2) is 0 Å². The first-order valence-electron chi connectivity index (χ1n) is 8.29. The van der Waals surface area contributed by atoms with E-state index in [1.54, 1.807) is 6.08 Å². The van der Waals surface area contributed by atoms with Crippen LogP contribution in [0.4, 0.5) is 11.4 Å². The molecule has 2 aromatic rings. The number of non-ortho nitro benzene ring substituents is 1. The predicted molar refractivity (Wildman–Crippen MR) is 115 cm³/mol. The summed E-state index contributed by atoms with van der Waals surface area (Å²) < 4.78 is 5.59. The van der Waals surface area contributed by atoms with E-state index >= 15 is 0 Å². The van der Waals surface area contributed by atoms with Gasteiger partial charge in [-0.05, 0) is 17.7 Å². The summed E-state index contributed by atoms with van der Waals surface area (Å²) in [5.74, 6) is -0.444. The number of carbonyl (C=O) groups excluding carboxylic acids is 2. The number of thioether (sulfide) groups is 2. The predicted octanol–water partition coefficient (Wildman–Crippen LogP) is 3.95. The fourth-order valence-corrected chi connectivity index (χ4v) is 4.17. The molecule has 1 heterocycles. The van der Waals surface area contributed by atoms with E-state index in [-0.39, 0.29) is 23.0 Å². The van der Waals surface area contributed by atoms with E-state index in [0.717, 1.165) is 17.3 Å². The summed E-state index contributed by atoms with van der Waals surface area (Å²) in [5, 5.41) is 13.5. The molecular weight excluding hydrogens is 414 g/mol. The van der Waals surface area contributed by atoms with Crippen molar-refractivity contribution in [2.45, 2.75) is 0 Å². The van der Waals surface area contributed by atoms with E-state index in [9.17, 15) is 19.7 Å². The quantitative estimate of drug-likeness (QED) is 0.420. The Hall–Kier alpha value is -3.11. The standard InChI is InChI=1S/C19H15N3O5S2/c1-27-15-8-7-13(22(25)26)10-14(15)20-17(23)11-28-19-21-18(24)16(29-19)9-12-5-3-2-4-6-12/h2-10H,11H2,1H3,(H,20,23). The van der Waals surface area contributed by atoms with Gasteiger partial charge in [-0.2, -0.15) is 4.99 Å². The number of aliphatic imine (C=N–C) groups is 1. The molecule has 0 saturated carbocycles. The Balaban J connectivity index is 1.60. The number of hydrogen-bond acceptors (Lipinski definition) is 7. The summed E-state index contributed by atoms with van der Waals surface area (Å²) in [6.07, 6.45) is 1.75. The summed E-state index contributed by atoms with van der Waals surface area (Å²) >= 11 is 2.32.